The number of amides is 1. The smallest absolute Gasteiger partial charge is 0.349 e. The van der Waals surface area contributed by atoms with Crippen molar-refractivity contribution in [2.75, 3.05) is 7.11 Å². The third-order valence-electron chi connectivity index (χ3n) is 4.12. The van der Waals surface area contributed by atoms with Crippen LogP contribution in [0, 0.1) is 11.3 Å². The Morgan fingerprint density at radius 1 is 1.28 bits per heavy atom. The van der Waals surface area contributed by atoms with Crippen molar-refractivity contribution in [2.45, 2.75) is 44.8 Å². The van der Waals surface area contributed by atoms with Crippen LogP contribution in [0.3, 0.4) is 0 Å². The Labute approximate surface area is 147 Å². The van der Waals surface area contributed by atoms with E-state index in [0.717, 1.165) is 25.7 Å². The number of nitriles is 1. The monoisotopic (exact) mass is 342 g/mol. The van der Waals surface area contributed by atoms with E-state index in [4.69, 9.17) is 9.47 Å². The van der Waals surface area contributed by atoms with Gasteiger partial charge in [0.2, 0.25) is 0 Å². The molecule has 0 bridgehead atoms. The molecule has 0 radical (unpaired) electrons. The summed E-state index contributed by atoms with van der Waals surface area (Å²) in [5, 5.41) is 12.1. The molecule has 1 aliphatic carbocycles. The van der Waals surface area contributed by atoms with Gasteiger partial charge in [0, 0.05) is 6.04 Å². The molecular formula is C19H22N2O4. The van der Waals surface area contributed by atoms with Gasteiger partial charge in [-0.05, 0) is 43.5 Å². The summed E-state index contributed by atoms with van der Waals surface area (Å²) in [4.78, 5) is 24.2. The van der Waals surface area contributed by atoms with E-state index in [2.05, 4.69) is 5.32 Å². The zero-order valence-electron chi connectivity index (χ0n) is 14.5. The summed E-state index contributed by atoms with van der Waals surface area (Å²) in [5.41, 5.74) is 0.503. The zero-order chi connectivity index (χ0) is 18.2. The molecule has 0 aromatic heterocycles. The second-order valence-electron chi connectivity index (χ2n) is 5.98. The first kappa shape index (κ1) is 18.5. The van der Waals surface area contributed by atoms with Gasteiger partial charge in [-0.2, -0.15) is 5.26 Å². The van der Waals surface area contributed by atoms with Crippen LogP contribution >= 0.6 is 0 Å². The van der Waals surface area contributed by atoms with E-state index < -0.39 is 12.1 Å². The molecule has 0 heterocycles. The van der Waals surface area contributed by atoms with E-state index in [1.807, 2.05) is 6.07 Å². The number of carbonyl (C=O) groups excluding carboxylic acids is 2. The standard InChI is InChI=1S/C19H22N2O4/c1-13(18(22)21-16-5-3-4-6-16)25-19(23)15(12-20)11-14-7-9-17(24-2)10-8-14/h7-11,13,16H,3-6H2,1-2H3,(H,21,22)/b15-11+/t13-/m0/s1. The van der Waals surface area contributed by atoms with Crippen molar-refractivity contribution in [3.8, 4) is 11.8 Å². The van der Waals surface area contributed by atoms with Crippen molar-refractivity contribution in [3.05, 3.63) is 35.4 Å². The average molecular weight is 342 g/mol. The topological polar surface area (TPSA) is 88.4 Å². The van der Waals surface area contributed by atoms with Crippen LogP contribution in [0.15, 0.2) is 29.8 Å². The Morgan fingerprint density at radius 3 is 2.48 bits per heavy atom. The van der Waals surface area contributed by atoms with E-state index >= 15 is 0 Å². The van der Waals surface area contributed by atoms with Crippen LogP contribution in [0.1, 0.15) is 38.2 Å². The highest BCUT2D eigenvalue weighted by molar-refractivity contribution is 5.99. The molecule has 1 aromatic rings. The van der Waals surface area contributed by atoms with Crippen LogP contribution in [-0.2, 0) is 14.3 Å². The van der Waals surface area contributed by atoms with E-state index in [9.17, 15) is 14.9 Å². The molecule has 0 aliphatic heterocycles. The molecule has 6 nitrogen and oxygen atoms in total. The van der Waals surface area contributed by atoms with E-state index in [-0.39, 0.29) is 17.5 Å². The fraction of sp³-hybridized carbons (Fsp3) is 0.421. The van der Waals surface area contributed by atoms with Crippen molar-refractivity contribution < 1.29 is 19.1 Å². The summed E-state index contributed by atoms with van der Waals surface area (Å²) < 4.78 is 10.2. The van der Waals surface area contributed by atoms with Crippen LogP contribution < -0.4 is 10.1 Å². The maximum absolute atomic E-state index is 12.1. The Bertz CT molecular complexity index is 682. The van der Waals surface area contributed by atoms with Gasteiger partial charge in [0.05, 0.1) is 7.11 Å². The largest absolute Gasteiger partial charge is 0.497 e. The van der Waals surface area contributed by atoms with Gasteiger partial charge in [0.1, 0.15) is 17.4 Å². The Kier molecular flexibility index (Phi) is 6.58. The first-order valence-corrected chi connectivity index (χ1v) is 8.30. The summed E-state index contributed by atoms with van der Waals surface area (Å²) in [6.45, 7) is 1.50. The fourth-order valence-corrected chi connectivity index (χ4v) is 2.67. The predicted octanol–water partition coefficient (Wildman–Crippen LogP) is 2.59. The van der Waals surface area contributed by atoms with Crippen molar-refractivity contribution in [1.29, 1.82) is 5.26 Å². The van der Waals surface area contributed by atoms with Gasteiger partial charge in [-0.3, -0.25) is 4.79 Å². The molecule has 132 valence electrons. The molecule has 0 unspecified atom stereocenters. The normalized spacial score (nSPS) is 16.0. The SMILES string of the molecule is COc1ccc(/C=C(\C#N)C(=O)O[C@@H](C)C(=O)NC2CCCC2)cc1. The van der Waals surface area contributed by atoms with Gasteiger partial charge in [-0.1, -0.05) is 25.0 Å². The third-order valence-corrected chi connectivity index (χ3v) is 4.12. The van der Waals surface area contributed by atoms with Gasteiger partial charge < -0.3 is 14.8 Å². The highest BCUT2D eigenvalue weighted by atomic mass is 16.5. The number of esters is 1. The number of nitrogens with one attached hydrogen (secondary N) is 1. The highest BCUT2D eigenvalue weighted by Gasteiger charge is 2.24. The summed E-state index contributed by atoms with van der Waals surface area (Å²) in [7, 11) is 1.56. The number of methoxy groups -OCH3 is 1. The minimum absolute atomic E-state index is 0.152. The molecule has 1 saturated carbocycles. The molecule has 1 N–H and O–H groups in total. The Morgan fingerprint density at radius 2 is 1.92 bits per heavy atom. The molecule has 2 rings (SSSR count). The van der Waals surface area contributed by atoms with Crippen LogP contribution in [0.4, 0.5) is 0 Å². The lowest BCUT2D eigenvalue weighted by molar-refractivity contribution is -0.151. The first-order chi connectivity index (χ1) is 12.0. The molecule has 25 heavy (non-hydrogen) atoms. The van der Waals surface area contributed by atoms with E-state index in [1.165, 1.54) is 13.0 Å². The fourth-order valence-electron chi connectivity index (χ4n) is 2.67. The second kappa shape index (κ2) is 8.88. The molecule has 1 aromatic carbocycles. The summed E-state index contributed by atoms with van der Waals surface area (Å²) >= 11 is 0. The quantitative estimate of drug-likeness (QED) is 0.488. The molecule has 1 fully saturated rings. The lowest BCUT2D eigenvalue weighted by Crippen LogP contribution is -2.41. The minimum Gasteiger partial charge on any atom is -0.497 e. The Hall–Kier alpha value is -2.81. The lowest BCUT2D eigenvalue weighted by atomic mass is 10.1. The first-order valence-electron chi connectivity index (χ1n) is 8.30. The Balaban J connectivity index is 1.97. The van der Waals surface area contributed by atoms with Gasteiger partial charge in [-0.25, -0.2) is 4.79 Å². The highest BCUT2D eigenvalue weighted by Crippen LogP contribution is 2.18. The van der Waals surface area contributed by atoms with Gasteiger partial charge in [-0.15, -0.1) is 0 Å². The molecule has 0 saturated heterocycles. The minimum atomic E-state index is -0.944. The average Bonchev–Trinajstić information content (AvgIpc) is 3.12. The maximum atomic E-state index is 12.1. The summed E-state index contributed by atoms with van der Waals surface area (Å²) in [5.74, 6) is -0.468. The number of ether oxygens (including phenoxy) is 2. The third kappa shape index (κ3) is 5.35. The predicted molar refractivity (Wildman–Crippen MR) is 92.5 cm³/mol. The number of nitrogens with zero attached hydrogens (tertiary/aromatic N) is 1. The van der Waals surface area contributed by atoms with Crippen LogP contribution in [0.25, 0.3) is 6.08 Å². The number of benzene rings is 1. The molecular weight excluding hydrogens is 320 g/mol. The van der Waals surface area contributed by atoms with Gasteiger partial charge in [0.25, 0.3) is 5.91 Å². The molecule has 0 spiro atoms. The van der Waals surface area contributed by atoms with E-state index in [1.54, 1.807) is 31.4 Å². The van der Waals surface area contributed by atoms with Crippen LogP contribution in [-0.4, -0.2) is 31.1 Å². The molecule has 1 amide bonds. The second-order valence-corrected chi connectivity index (χ2v) is 5.98. The van der Waals surface area contributed by atoms with E-state index in [0.29, 0.717) is 11.3 Å². The van der Waals surface area contributed by atoms with Crippen LogP contribution in [0.5, 0.6) is 5.75 Å². The number of rotatable bonds is 6. The van der Waals surface area contributed by atoms with Crippen molar-refractivity contribution in [3.63, 3.8) is 0 Å². The molecule has 1 aliphatic rings. The van der Waals surface area contributed by atoms with Crippen LogP contribution in [0.2, 0.25) is 0 Å². The van der Waals surface area contributed by atoms with Gasteiger partial charge in [0.15, 0.2) is 6.10 Å². The lowest BCUT2D eigenvalue weighted by Gasteiger charge is -2.16. The van der Waals surface area contributed by atoms with Crippen molar-refractivity contribution in [2.24, 2.45) is 0 Å². The number of carbonyl (C=O) groups is 2. The number of hydrogen-bond acceptors (Lipinski definition) is 5. The summed E-state index contributed by atoms with van der Waals surface area (Å²) in [6.07, 6.45) is 4.58. The molecule has 1 atom stereocenters. The van der Waals surface area contributed by atoms with Crippen molar-refractivity contribution in [1.82, 2.24) is 5.32 Å². The molecule has 6 heteroatoms. The maximum Gasteiger partial charge on any atom is 0.349 e. The summed E-state index contributed by atoms with van der Waals surface area (Å²) in [6, 6.07) is 8.87. The zero-order valence-corrected chi connectivity index (χ0v) is 14.5. The van der Waals surface area contributed by atoms with Crippen molar-refractivity contribution >= 4 is 18.0 Å². The van der Waals surface area contributed by atoms with Gasteiger partial charge >= 0.3 is 5.97 Å². The number of hydrogen-bond donors (Lipinski definition) is 1.